The van der Waals surface area contributed by atoms with Gasteiger partial charge in [-0.25, -0.2) is 0 Å². The highest BCUT2D eigenvalue weighted by atomic mass is 16.5. The van der Waals surface area contributed by atoms with E-state index in [1.165, 1.54) is 6.20 Å². The Balaban J connectivity index is 2.30. The molecule has 0 atom stereocenters. The van der Waals surface area contributed by atoms with E-state index in [1.54, 1.807) is 12.3 Å². The van der Waals surface area contributed by atoms with Crippen molar-refractivity contribution in [3.05, 3.63) is 53.3 Å². The summed E-state index contributed by atoms with van der Waals surface area (Å²) in [6.45, 7) is 3.98. The van der Waals surface area contributed by atoms with E-state index in [4.69, 9.17) is 4.74 Å². The fraction of sp³-hybridized carbons (Fsp3) is 0.143. The first-order valence-corrected chi connectivity index (χ1v) is 5.34. The molecule has 2 rings (SSSR count). The third kappa shape index (κ3) is 2.69. The average Bonchev–Trinajstić information content (AvgIpc) is 2.34. The van der Waals surface area contributed by atoms with Crippen LogP contribution in [-0.2, 0) is 0 Å². The molecular weight excluding hydrogens is 214 g/mol. The fourth-order valence-electron chi connectivity index (χ4n) is 1.50. The molecule has 86 valence electrons. The zero-order valence-corrected chi connectivity index (χ0v) is 9.81. The highest BCUT2D eigenvalue weighted by Crippen LogP contribution is 2.25. The Morgan fingerprint density at radius 3 is 2.76 bits per heavy atom. The van der Waals surface area contributed by atoms with Crippen LogP contribution in [0.25, 0.3) is 0 Å². The van der Waals surface area contributed by atoms with Gasteiger partial charge in [-0.2, -0.15) is 0 Å². The van der Waals surface area contributed by atoms with Gasteiger partial charge < -0.3 is 4.74 Å². The molecule has 3 heteroatoms. The highest BCUT2D eigenvalue weighted by molar-refractivity contribution is 5.74. The van der Waals surface area contributed by atoms with Gasteiger partial charge in [0, 0.05) is 11.8 Å². The first-order valence-electron chi connectivity index (χ1n) is 5.34. The molecule has 17 heavy (non-hydrogen) atoms. The Hall–Kier alpha value is -2.16. The van der Waals surface area contributed by atoms with Crippen molar-refractivity contribution in [2.45, 2.75) is 13.8 Å². The predicted molar refractivity (Wildman–Crippen MR) is 65.6 cm³/mol. The van der Waals surface area contributed by atoms with Gasteiger partial charge in [0.2, 0.25) is 0 Å². The molecule has 0 radical (unpaired) electrons. The molecule has 1 aromatic heterocycles. The van der Waals surface area contributed by atoms with Crippen molar-refractivity contribution in [2.75, 3.05) is 0 Å². The van der Waals surface area contributed by atoms with Crippen LogP contribution in [0.1, 0.15) is 21.5 Å². The summed E-state index contributed by atoms with van der Waals surface area (Å²) in [5.74, 6) is 1.36. The van der Waals surface area contributed by atoms with Crippen LogP contribution in [0.3, 0.4) is 0 Å². The van der Waals surface area contributed by atoms with Crippen LogP contribution >= 0.6 is 0 Å². The lowest BCUT2D eigenvalue weighted by Crippen LogP contribution is -1.91. The van der Waals surface area contributed by atoms with Gasteiger partial charge in [-0.3, -0.25) is 9.78 Å². The van der Waals surface area contributed by atoms with Gasteiger partial charge in [-0.05, 0) is 37.1 Å². The zero-order valence-electron chi connectivity index (χ0n) is 9.81. The van der Waals surface area contributed by atoms with Crippen molar-refractivity contribution < 1.29 is 9.53 Å². The smallest absolute Gasteiger partial charge is 0.151 e. The molecule has 0 fully saturated rings. The first kappa shape index (κ1) is 11.3. The maximum absolute atomic E-state index is 10.6. The van der Waals surface area contributed by atoms with E-state index in [0.717, 1.165) is 23.2 Å². The number of ether oxygens (including phenoxy) is 1. The van der Waals surface area contributed by atoms with E-state index >= 15 is 0 Å². The number of aryl methyl sites for hydroxylation is 2. The van der Waals surface area contributed by atoms with Crippen molar-refractivity contribution in [1.82, 2.24) is 4.98 Å². The number of pyridine rings is 1. The van der Waals surface area contributed by atoms with Gasteiger partial charge in [-0.15, -0.1) is 0 Å². The van der Waals surface area contributed by atoms with Gasteiger partial charge in [0.15, 0.2) is 6.29 Å². The normalized spacial score (nSPS) is 10.0. The lowest BCUT2D eigenvalue weighted by atomic mass is 10.1. The average molecular weight is 227 g/mol. The van der Waals surface area contributed by atoms with Crippen LogP contribution < -0.4 is 4.74 Å². The van der Waals surface area contributed by atoms with Crippen LogP contribution in [0.5, 0.6) is 11.5 Å². The maximum Gasteiger partial charge on any atom is 0.151 e. The number of aldehydes is 1. The molecule has 2 aromatic rings. The Bertz CT molecular complexity index is 550. The van der Waals surface area contributed by atoms with Gasteiger partial charge in [-0.1, -0.05) is 12.1 Å². The molecule has 0 saturated heterocycles. The minimum absolute atomic E-state index is 0.507. The number of benzene rings is 1. The van der Waals surface area contributed by atoms with Gasteiger partial charge >= 0.3 is 0 Å². The second-order valence-electron chi connectivity index (χ2n) is 3.94. The molecule has 0 saturated carbocycles. The molecule has 0 spiro atoms. The molecule has 0 bridgehead atoms. The van der Waals surface area contributed by atoms with Gasteiger partial charge in [0.25, 0.3) is 0 Å². The standard InChI is InChI=1S/C14H13NO2/c1-10-3-4-11(2)14(5-10)17-13-6-12(9-16)7-15-8-13/h3-9H,1-2H3. The van der Waals surface area contributed by atoms with Crippen LogP contribution in [-0.4, -0.2) is 11.3 Å². The van der Waals surface area contributed by atoms with Crippen LogP contribution in [0.4, 0.5) is 0 Å². The molecule has 0 amide bonds. The summed E-state index contributed by atoms with van der Waals surface area (Å²) in [4.78, 5) is 14.6. The first-order chi connectivity index (χ1) is 8.19. The Labute approximate surface area is 100 Å². The number of rotatable bonds is 3. The summed E-state index contributed by atoms with van der Waals surface area (Å²) in [6, 6.07) is 7.66. The van der Waals surface area contributed by atoms with Crippen molar-refractivity contribution in [1.29, 1.82) is 0 Å². The molecule has 3 nitrogen and oxygen atoms in total. The molecule has 0 aliphatic rings. The molecule has 1 aromatic carbocycles. The Morgan fingerprint density at radius 2 is 2.00 bits per heavy atom. The largest absolute Gasteiger partial charge is 0.455 e. The van der Waals surface area contributed by atoms with Crippen molar-refractivity contribution in [3.63, 3.8) is 0 Å². The van der Waals surface area contributed by atoms with Crippen molar-refractivity contribution >= 4 is 6.29 Å². The summed E-state index contributed by atoms with van der Waals surface area (Å²) < 4.78 is 5.71. The monoisotopic (exact) mass is 227 g/mol. The summed E-state index contributed by atoms with van der Waals surface area (Å²) >= 11 is 0. The van der Waals surface area contributed by atoms with Crippen molar-refractivity contribution in [3.8, 4) is 11.5 Å². The van der Waals surface area contributed by atoms with Crippen LogP contribution in [0.15, 0.2) is 36.7 Å². The summed E-state index contributed by atoms with van der Waals surface area (Å²) in [5, 5.41) is 0. The van der Waals surface area contributed by atoms with E-state index in [-0.39, 0.29) is 0 Å². The topological polar surface area (TPSA) is 39.2 Å². The molecule has 0 aliphatic heterocycles. The van der Waals surface area contributed by atoms with E-state index in [0.29, 0.717) is 11.3 Å². The molecule has 1 heterocycles. The van der Waals surface area contributed by atoms with E-state index in [1.807, 2.05) is 32.0 Å². The number of nitrogens with zero attached hydrogens (tertiary/aromatic N) is 1. The summed E-state index contributed by atoms with van der Waals surface area (Å²) in [5.41, 5.74) is 2.69. The summed E-state index contributed by atoms with van der Waals surface area (Å²) in [7, 11) is 0. The number of carbonyl (C=O) groups is 1. The number of carbonyl (C=O) groups excluding carboxylic acids is 1. The molecule has 0 N–H and O–H groups in total. The van der Waals surface area contributed by atoms with Gasteiger partial charge in [0.05, 0.1) is 6.20 Å². The van der Waals surface area contributed by atoms with E-state index in [2.05, 4.69) is 4.98 Å². The highest BCUT2D eigenvalue weighted by Gasteiger charge is 2.03. The lowest BCUT2D eigenvalue weighted by molar-refractivity contribution is 0.112. The third-order valence-corrected chi connectivity index (χ3v) is 2.44. The lowest BCUT2D eigenvalue weighted by Gasteiger charge is -2.09. The maximum atomic E-state index is 10.6. The summed E-state index contributed by atoms with van der Waals surface area (Å²) in [6.07, 6.45) is 3.85. The third-order valence-electron chi connectivity index (χ3n) is 2.44. The van der Waals surface area contributed by atoms with E-state index < -0.39 is 0 Å². The van der Waals surface area contributed by atoms with Crippen LogP contribution in [0.2, 0.25) is 0 Å². The van der Waals surface area contributed by atoms with Gasteiger partial charge in [0.1, 0.15) is 11.5 Å². The predicted octanol–water partition coefficient (Wildman–Crippen LogP) is 3.30. The molecule has 0 unspecified atom stereocenters. The SMILES string of the molecule is Cc1ccc(C)c(Oc2cncc(C=O)c2)c1. The number of hydrogen-bond acceptors (Lipinski definition) is 3. The minimum Gasteiger partial charge on any atom is -0.455 e. The number of aromatic nitrogens is 1. The molecule has 0 aliphatic carbocycles. The molecular formula is C14H13NO2. The fourth-order valence-corrected chi connectivity index (χ4v) is 1.50. The van der Waals surface area contributed by atoms with E-state index in [9.17, 15) is 4.79 Å². The second-order valence-corrected chi connectivity index (χ2v) is 3.94. The zero-order chi connectivity index (χ0) is 12.3. The minimum atomic E-state index is 0.507. The van der Waals surface area contributed by atoms with Crippen molar-refractivity contribution in [2.24, 2.45) is 0 Å². The Morgan fingerprint density at radius 1 is 1.18 bits per heavy atom. The second kappa shape index (κ2) is 4.78. The quantitative estimate of drug-likeness (QED) is 0.755. The number of hydrogen-bond donors (Lipinski definition) is 0. The Kier molecular flexibility index (Phi) is 3.19. The van der Waals surface area contributed by atoms with Crippen LogP contribution in [0, 0.1) is 13.8 Å².